The molecule has 1 aromatic rings. The molecule has 2 N–H and O–H groups in total. The minimum absolute atomic E-state index is 0.273. The second-order valence-corrected chi connectivity index (χ2v) is 5.16. The molecule has 0 spiro atoms. The van der Waals surface area contributed by atoms with Crippen molar-refractivity contribution >= 4 is 0 Å². The summed E-state index contributed by atoms with van der Waals surface area (Å²) in [6.07, 6.45) is 7.48. The van der Waals surface area contributed by atoms with Crippen molar-refractivity contribution in [3.8, 4) is 0 Å². The number of hydrogen-bond acceptors (Lipinski definition) is 3. The van der Waals surface area contributed by atoms with Crippen LogP contribution in [0, 0.1) is 11.8 Å². The van der Waals surface area contributed by atoms with E-state index in [-0.39, 0.29) is 6.04 Å². The molecule has 3 atom stereocenters. The van der Waals surface area contributed by atoms with Crippen LogP contribution in [-0.2, 0) is 7.05 Å². The summed E-state index contributed by atoms with van der Waals surface area (Å²) in [7, 11) is 2.02. The second-order valence-electron chi connectivity index (χ2n) is 5.16. The molecule has 17 heavy (non-hydrogen) atoms. The Morgan fingerprint density at radius 2 is 2.29 bits per heavy atom. The fraction of sp³-hybridized carbons (Fsp3) is 0.769. The summed E-state index contributed by atoms with van der Waals surface area (Å²) in [6.45, 7) is 3.47. The van der Waals surface area contributed by atoms with Gasteiger partial charge in [-0.05, 0) is 38.1 Å². The van der Waals surface area contributed by atoms with E-state index in [9.17, 15) is 5.11 Å². The fourth-order valence-corrected chi connectivity index (χ4v) is 2.84. The van der Waals surface area contributed by atoms with E-state index in [0.717, 1.165) is 12.4 Å². The molecular formula is C13H23N3O. The highest BCUT2D eigenvalue weighted by Crippen LogP contribution is 2.31. The van der Waals surface area contributed by atoms with Crippen LogP contribution in [0.2, 0.25) is 0 Å². The van der Waals surface area contributed by atoms with Crippen LogP contribution >= 0.6 is 0 Å². The second kappa shape index (κ2) is 5.65. The lowest BCUT2D eigenvalue weighted by Gasteiger charge is -2.21. The molecule has 96 valence electrons. The number of imidazole rings is 1. The Hall–Kier alpha value is -0.870. The highest BCUT2D eigenvalue weighted by atomic mass is 16.3. The predicted molar refractivity (Wildman–Crippen MR) is 67.5 cm³/mol. The first-order chi connectivity index (χ1) is 8.22. The molecule has 0 aromatic carbocycles. The van der Waals surface area contributed by atoms with Gasteiger partial charge in [0.1, 0.15) is 5.82 Å². The Morgan fingerprint density at radius 1 is 1.53 bits per heavy atom. The van der Waals surface area contributed by atoms with Crippen molar-refractivity contribution in [2.75, 3.05) is 13.2 Å². The third-order valence-electron chi connectivity index (χ3n) is 3.98. The molecule has 1 aliphatic carbocycles. The summed E-state index contributed by atoms with van der Waals surface area (Å²) in [6, 6.07) is 0.273. The maximum absolute atomic E-state index is 9.29. The average Bonchev–Trinajstić information content (AvgIpc) is 2.94. The Labute approximate surface area is 103 Å². The summed E-state index contributed by atoms with van der Waals surface area (Å²) in [5, 5.41) is 12.8. The van der Waals surface area contributed by atoms with Crippen LogP contribution in [-0.4, -0.2) is 27.8 Å². The van der Waals surface area contributed by atoms with Crippen molar-refractivity contribution in [1.29, 1.82) is 0 Å². The summed E-state index contributed by atoms with van der Waals surface area (Å²) < 4.78 is 2.05. The van der Waals surface area contributed by atoms with Gasteiger partial charge in [-0.25, -0.2) is 4.98 Å². The fourth-order valence-electron chi connectivity index (χ4n) is 2.84. The SMILES string of the molecule is CC(NCC1CCCC1CO)c1nccn1C. The molecule has 1 saturated carbocycles. The molecule has 1 aliphatic rings. The summed E-state index contributed by atoms with van der Waals surface area (Å²) in [4.78, 5) is 4.35. The van der Waals surface area contributed by atoms with Gasteiger partial charge in [-0.15, -0.1) is 0 Å². The predicted octanol–water partition coefficient (Wildman–Crippen LogP) is 1.48. The van der Waals surface area contributed by atoms with Crippen molar-refractivity contribution in [1.82, 2.24) is 14.9 Å². The molecular weight excluding hydrogens is 214 g/mol. The Morgan fingerprint density at radius 3 is 2.94 bits per heavy atom. The first-order valence-corrected chi connectivity index (χ1v) is 6.53. The topological polar surface area (TPSA) is 50.1 Å². The maximum atomic E-state index is 9.29. The van der Waals surface area contributed by atoms with E-state index in [1.165, 1.54) is 19.3 Å². The lowest BCUT2D eigenvalue weighted by Crippen LogP contribution is -2.30. The molecule has 1 fully saturated rings. The van der Waals surface area contributed by atoms with Gasteiger partial charge in [0.25, 0.3) is 0 Å². The molecule has 4 nitrogen and oxygen atoms in total. The molecule has 0 saturated heterocycles. The van der Waals surface area contributed by atoms with Crippen molar-refractivity contribution in [2.24, 2.45) is 18.9 Å². The summed E-state index contributed by atoms with van der Waals surface area (Å²) in [5.74, 6) is 2.20. The van der Waals surface area contributed by atoms with Crippen LogP contribution in [0.1, 0.15) is 38.1 Å². The summed E-state index contributed by atoms with van der Waals surface area (Å²) in [5.41, 5.74) is 0. The smallest absolute Gasteiger partial charge is 0.125 e. The first-order valence-electron chi connectivity index (χ1n) is 6.53. The number of nitrogens with one attached hydrogen (secondary N) is 1. The van der Waals surface area contributed by atoms with E-state index in [4.69, 9.17) is 0 Å². The van der Waals surface area contributed by atoms with Gasteiger partial charge >= 0.3 is 0 Å². The lowest BCUT2D eigenvalue weighted by atomic mass is 9.97. The van der Waals surface area contributed by atoms with Gasteiger partial charge in [0.05, 0.1) is 6.04 Å². The van der Waals surface area contributed by atoms with Gasteiger partial charge in [-0.2, -0.15) is 0 Å². The van der Waals surface area contributed by atoms with Gasteiger partial charge in [-0.3, -0.25) is 0 Å². The zero-order valence-corrected chi connectivity index (χ0v) is 10.8. The molecule has 0 aliphatic heterocycles. The van der Waals surface area contributed by atoms with Gasteiger partial charge in [0, 0.05) is 26.0 Å². The molecule has 1 heterocycles. The van der Waals surface area contributed by atoms with Crippen LogP contribution < -0.4 is 5.32 Å². The van der Waals surface area contributed by atoms with Crippen LogP contribution in [0.3, 0.4) is 0 Å². The zero-order chi connectivity index (χ0) is 12.3. The number of aliphatic hydroxyl groups excluding tert-OH is 1. The van der Waals surface area contributed by atoms with E-state index < -0.39 is 0 Å². The van der Waals surface area contributed by atoms with Crippen molar-refractivity contribution < 1.29 is 5.11 Å². The van der Waals surface area contributed by atoms with Gasteiger partial charge in [0.2, 0.25) is 0 Å². The number of aliphatic hydroxyl groups is 1. The third-order valence-corrected chi connectivity index (χ3v) is 3.98. The Bertz CT molecular complexity index is 350. The van der Waals surface area contributed by atoms with Gasteiger partial charge in [-0.1, -0.05) is 6.42 Å². The number of nitrogens with zero attached hydrogens (tertiary/aromatic N) is 2. The van der Waals surface area contributed by atoms with E-state index in [1.54, 1.807) is 0 Å². The van der Waals surface area contributed by atoms with E-state index in [2.05, 4.69) is 21.8 Å². The Balaban J connectivity index is 1.84. The lowest BCUT2D eigenvalue weighted by molar-refractivity contribution is 0.190. The molecule has 2 rings (SSSR count). The van der Waals surface area contributed by atoms with Crippen LogP contribution in [0.15, 0.2) is 12.4 Å². The maximum Gasteiger partial charge on any atom is 0.125 e. The minimum atomic E-state index is 0.273. The van der Waals surface area contributed by atoms with E-state index in [0.29, 0.717) is 18.4 Å². The van der Waals surface area contributed by atoms with Crippen LogP contribution in [0.5, 0.6) is 0 Å². The molecule has 0 amide bonds. The van der Waals surface area contributed by atoms with Gasteiger partial charge in [0.15, 0.2) is 0 Å². The highest BCUT2D eigenvalue weighted by molar-refractivity contribution is 4.97. The van der Waals surface area contributed by atoms with Crippen LogP contribution in [0.4, 0.5) is 0 Å². The molecule has 3 unspecified atom stereocenters. The largest absolute Gasteiger partial charge is 0.396 e. The third kappa shape index (κ3) is 2.87. The Kier molecular flexibility index (Phi) is 4.18. The quantitative estimate of drug-likeness (QED) is 0.815. The van der Waals surface area contributed by atoms with Gasteiger partial charge < -0.3 is 15.0 Å². The number of rotatable bonds is 5. The van der Waals surface area contributed by atoms with E-state index in [1.807, 2.05) is 19.4 Å². The normalized spacial score (nSPS) is 26.3. The number of aryl methyl sites for hydroxylation is 1. The molecule has 0 bridgehead atoms. The zero-order valence-electron chi connectivity index (χ0n) is 10.8. The summed E-state index contributed by atoms with van der Waals surface area (Å²) >= 11 is 0. The monoisotopic (exact) mass is 237 g/mol. The van der Waals surface area contributed by atoms with Crippen molar-refractivity contribution in [3.63, 3.8) is 0 Å². The van der Waals surface area contributed by atoms with Crippen molar-refractivity contribution in [2.45, 2.75) is 32.2 Å². The molecule has 4 heteroatoms. The molecule has 0 radical (unpaired) electrons. The average molecular weight is 237 g/mol. The van der Waals surface area contributed by atoms with Crippen molar-refractivity contribution in [3.05, 3.63) is 18.2 Å². The first kappa shape index (κ1) is 12.6. The minimum Gasteiger partial charge on any atom is -0.396 e. The van der Waals surface area contributed by atoms with E-state index >= 15 is 0 Å². The number of aromatic nitrogens is 2. The number of hydrogen-bond donors (Lipinski definition) is 2. The molecule has 1 aromatic heterocycles. The standard InChI is InChI=1S/C13H23N3O/c1-10(13-14-6-7-16(13)2)15-8-11-4-3-5-12(11)9-17/h6-7,10-12,15,17H,3-5,8-9H2,1-2H3. The highest BCUT2D eigenvalue weighted by Gasteiger charge is 2.26. The van der Waals surface area contributed by atoms with Crippen LogP contribution in [0.25, 0.3) is 0 Å².